The van der Waals surface area contributed by atoms with Crippen molar-refractivity contribution < 1.29 is 4.42 Å². The Labute approximate surface area is 230 Å². The van der Waals surface area contributed by atoms with Gasteiger partial charge in [-0.15, -0.1) is 0 Å². The van der Waals surface area contributed by atoms with Gasteiger partial charge in [-0.3, -0.25) is 0 Å². The third-order valence-corrected chi connectivity index (χ3v) is 8.96. The Morgan fingerprint density at radius 3 is 2.25 bits per heavy atom. The van der Waals surface area contributed by atoms with Gasteiger partial charge in [-0.2, -0.15) is 0 Å². The van der Waals surface area contributed by atoms with E-state index in [9.17, 15) is 0 Å². The molecule has 40 heavy (non-hydrogen) atoms. The lowest BCUT2D eigenvalue weighted by atomic mass is 9.45. The molecule has 0 N–H and O–H groups in total. The highest BCUT2D eigenvalue weighted by Gasteiger charge is 2.42. The molecule has 10 rings (SSSR count). The third-order valence-electron chi connectivity index (χ3n) is 8.96. The lowest BCUT2D eigenvalue weighted by Crippen LogP contribution is -2.56. The molecule has 0 bridgehead atoms. The van der Waals surface area contributed by atoms with E-state index in [1.165, 1.54) is 71.7 Å². The highest BCUT2D eigenvalue weighted by atomic mass is 16.3. The number of rotatable bonds is 1. The summed E-state index contributed by atoms with van der Waals surface area (Å²) in [5, 5.41) is 4.78. The minimum Gasteiger partial charge on any atom is -0.455 e. The zero-order valence-electron chi connectivity index (χ0n) is 21.5. The van der Waals surface area contributed by atoms with E-state index >= 15 is 0 Å². The second-order valence-corrected chi connectivity index (χ2v) is 10.9. The summed E-state index contributed by atoms with van der Waals surface area (Å²) in [7, 11) is 0. The molecule has 0 radical (unpaired) electrons. The maximum Gasteiger partial charge on any atom is 0.333 e. The second-order valence-electron chi connectivity index (χ2n) is 10.9. The van der Waals surface area contributed by atoms with Crippen LogP contribution in [0, 0.1) is 0 Å². The van der Waals surface area contributed by atoms with Crippen LogP contribution in [-0.4, -0.2) is 11.3 Å². The Bertz CT molecular complexity index is 2350. The van der Waals surface area contributed by atoms with Crippen molar-refractivity contribution in [3.8, 4) is 11.1 Å². The molecule has 0 saturated carbocycles. The average Bonchev–Trinajstić information content (AvgIpc) is 3.56. The molecular formula is C36H21BN2O. The summed E-state index contributed by atoms with van der Waals surface area (Å²) in [6.45, 7) is 0.0547. The van der Waals surface area contributed by atoms with E-state index in [4.69, 9.17) is 4.42 Å². The molecule has 0 aliphatic carbocycles. The maximum atomic E-state index is 6.60. The molecule has 0 spiro atoms. The quantitative estimate of drug-likeness (QED) is 0.209. The van der Waals surface area contributed by atoms with E-state index in [0.29, 0.717) is 0 Å². The fraction of sp³-hybridized carbons (Fsp3) is 0. The van der Waals surface area contributed by atoms with E-state index in [2.05, 4.69) is 131 Å². The smallest absolute Gasteiger partial charge is 0.333 e. The fourth-order valence-corrected chi connectivity index (χ4v) is 7.45. The molecule has 0 amide bonds. The minimum absolute atomic E-state index is 0.0547. The summed E-state index contributed by atoms with van der Waals surface area (Å²) in [6.07, 6.45) is 0. The zero-order chi connectivity index (χ0) is 25.9. The number of para-hydroxylation sites is 4. The van der Waals surface area contributed by atoms with Crippen molar-refractivity contribution in [1.29, 1.82) is 0 Å². The van der Waals surface area contributed by atoms with Crippen LogP contribution in [-0.2, 0) is 0 Å². The maximum absolute atomic E-state index is 6.60. The van der Waals surface area contributed by atoms with Gasteiger partial charge in [-0.05, 0) is 59.0 Å². The lowest BCUT2D eigenvalue weighted by molar-refractivity contribution is 0.673. The molecule has 0 unspecified atom stereocenters. The highest BCUT2D eigenvalue weighted by molar-refractivity contribution is 6.90. The third kappa shape index (κ3) is 2.39. The van der Waals surface area contributed by atoms with Crippen LogP contribution in [0.25, 0.3) is 54.9 Å². The normalized spacial score (nSPS) is 13.4. The monoisotopic (exact) mass is 508 g/mol. The van der Waals surface area contributed by atoms with Gasteiger partial charge >= 0.3 is 6.85 Å². The first-order valence-electron chi connectivity index (χ1n) is 13.8. The Morgan fingerprint density at radius 1 is 0.550 bits per heavy atom. The van der Waals surface area contributed by atoms with E-state index in [0.717, 1.165) is 11.2 Å². The second kappa shape index (κ2) is 7.25. The Balaban J connectivity index is 1.40. The molecule has 4 heterocycles. The summed E-state index contributed by atoms with van der Waals surface area (Å²) in [5.41, 5.74) is 13.3. The van der Waals surface area contributed by atoms with Crippen LogP contribution in [0.3, 0.4) is 0 Å². The molecule has 184 valence electrons. The number of nitrogens with zero attached hydrogens (tertiary/aromatic N) is 2. The van der Waals surface area contributed by atoms with Crippen LogP contribution >= 0.6 is 0 Å². The number of aromatic nitrogens is 1. The van der Waals surface area contributed by atoms with Crippen molar-refractivity contribution in [2.75, 3.05) is 4.90 Å². The predicted octanol–water partition coefficient (Wildman–Crippen LogP) is 8.11. The van der Waals surface area contributed by atoms with E-state index in [1.54, 1.807) is 0 Å². The first-order valence-corrected chi connectivity index (χ1v) is 13.8. The summed E-state index contributed by atoms with van der Waals surface area (Å²) in [5.74, 6) is 0. The van der Waals surface area contributed by atoms with Gasteiger partial charge in [0.05, 0.1) is 0 Å². The number of fused-ring (bicyclic) bond motifs is 11. The number of hydrogen-bond donors (Lipinski definition) is 0. The first kappa shape index (κ1) is 20.7. The molecular weight excluding hydrogens is 487 g/mol. The molecule has 6 aromatic carbocycles. The van der Waals surface area contributed by atoms with Gasteiger partial charge in [0.1, 0.15) is 11.2 Å². The van der Waals surface area contributed by atoms with Crippen molar-refractivity contribution in [2.24, 2.45) is 0 Å². The Hall–Kier alpha value is -5.22. The SMILES string of the molecule is c1ccc(N2c3ccccc3B3c4c(cccc42)-c2cccc4c5c6oc7ccccc7c6ccc5n3c24)cc1. The molecule has 0 fully saturated rings. The highest BCUT2D eigenvalue weighted by Crippen LogP contribution is 2.46. The van der Waals surface area contributed by atoms with E-state index < -0.39 is 0 Å². The Kier molecular flexibility index (Phi) is 3.75. The molecule has 8 aromatic rings. The summed E-state index contributed by atoms with van der Waals surface area (Å²) >= 11 is 0. The minimum atomic E-state index is 0.0547. The van der Waals surface area contributed by atoms with Gasteiger partial charge in [-0.1, -0.05) is 84.9 Å². The van der Waals surface area contributed by atoms with Crippen LogP contribution in [0.15, 0.2) is 132 Å². The van der Waals surface area contributed by atoms with E-state index in [-0.39, 0.29) is 6.85 Å². The summed E-state index contributed by atoms with van der Waals surface area (Å²) in [4.78, 5) is 2.43. The van der Waals surface area contributed by atoms with Crippen molar-refractivity contribution in [3.63, 3.8) is 0 Å². The van der Waals surface area contributed by atoms with E-state index in [1.807, 2.05) is 6.07 Å². The van der Waals surface area contributed by atoms with Crippen LogP contribution < -0.4 is 15.8 Å². The molecule has 0 atom stereocenters. The predicted molar refractivity (Wildman–Crippen MR) is 167 cm³/mol. The van der Waals surface area contributed by atoms with Gasteiger partial charge in [0.2, 0.25) is 0 Å². The first-order chi connectivity index (χ1) is 19.9. The van der Waals surface area contributed by atoms with Crippen LogP contribution in [0.1, 0.15) is 0 Å². The number of furan rings is 1. The lowest BCUT2D eigenvalue weighted by Gasteiger charge is -2.40. The molecule has 3 nitrogen and oxygen atoms in total. The number of benzene rings is 6. The van der Waals surface area contributed by atoms with Gasteiger partial charge in [0.25, 0.3) is 0 Å². The molecule has 4 heteroatoms. The number of anilines is 3. The molecule has 2 aliphatic heterocycles. The molecule has 2 aromatic heterocycles. The van der Waals surface area contributed by atoms with Crippen molar-refractivity contribution in [2.45, 2.75) is 0 Å². The zero-order valence-corrected chi connectivity index (χ0v) is 21.5. The molecule has 0 saturated heterocycles. The Morgan fingerprint density at radius 2 is 1.30 bits per heavy atom. The van der Waals surface area contributed by atoms with Gasteiger partial charge in [0, 0.05) is 55.2 Å². The topological polar surface area (TPSA) is 21.3 Å². The van der Waals surface area contributed by atoms with Crippen molar-refractivity contribution >= 4 is 78.6 Å². The van der Waals surface area contributed by atoms with Crippen LogP contribution in [0.5, 0.6) is 0 Å². The van der Waals surface area contributed by atoms with Gasteiger partial charge in [0.15, 0.2) is 0 Å². The van der Waals surface area contributed by atoms with Gasteiger partial charge < -0.3 is 13.8 Å². The van der Waals surface area contributed by atoms with Gasteiger partial charge in [-0.25, -0.2) is 0 Å². The average molecular weight is 508 g/mol. The summed E-state index contributed by atoms with van der Waals surface area (Å²) in [6, 6.07) is 46.1. The van der Waals surface area contributed by atoms with Crippen LogP contribution in [0.2, 0.25) is 0 Å². The standard InChI is InChI=1S/C36H21BN2O/c1-2-10-22(11-3-1)38-29-17-6-5-16-28(29)37-34-24(13-9-18-31(34)38)25-14-8-15-27-33-30(39(37)35(25)27)21-20-26-23-12-4-7-19-32(23)40-36(26)33/h1-21H. The largest absolute Gasteiger partial charge is 0.455 e. The molecule has 2 aliphatic rings. The van der Waals surface area contributed by atoms with Crippen molar-refractivity contribution in [1.82, 2.24) is 4.48 Å². The summed E-state index contributed by atoms with van der Waals surface area (Å²) < 4.78 is 9.18. The fourth-order valence-electron chi connectivity index (χ4n) is 7.45. The number of hydrogen-bond acceptors (Lipinski definition) is 2. The van der Waals surface area contributed by atoms with Crippen molar-refractivity contribution in [3.05, 3.63) is 127 Å². The van der Waals surface area contributed by atoms with Crippen LogP contribution in [0.4, 0.5) is 17.1 Å².